The second-order valence-corrected chi connectivity index (χ2v) is 6.70. The van der Waals surface area contributed by atoms with Crippen LogP contribution in [0.5, 0.6) is 0 Å². The summed E-state index contributed by atoms with van der Waals surface area (Å²) < 4.78 is 2.14. The third kappa shape index (κ3) is 4.26. The number of guanidine groups is 1. The molecule has 0 atom stereocenters. The second-order valence-electron chi connectivity index (χ2n) is 6.70. The van der Waals surface area contributed by atoms with Gasteiger partial charge in [0.15, 0.2) is 5.96 Å². The monoisotopic (exact) mass is 303 g/mol. The topological polar surface area (TPSA) is 44.6 Å². The maximum absolute atomic E-state index is 4.36. The van der Waals surface area contributed by atoms with Crippen LogP contribution in [0.1, 0.15) is 31.4 Å². The number of hydrogen-bond donors (Lipinski definition) is 2. The van der Waals surface area contributed by atoms with Gasteiger partial charge in [-0.3, -0.25) is 4.99 Å². The molecule has 3 rings (SSSR count). The lowest BCUT2D eigenvalue weighted by molar-refractivity contribution is 0.198. The Hall–Kier alpha value is -1.49. The molecule has 1 saturated carbocycles. The summed E-state index contributed by atoms with van der Waals surface area (Å²) in [5, 5.41) is 7.00. The summed E-state index contributed by atoms with van der Waals surface area (Å²) in [4.78, 5) is 7.00. The highest BCUT2D eigenvalue weighted by Crippen LogP contribution is 2.30. The van der Waals surface area contributed by atoms with Crippen molar-refractivity contribution >= 4 is 5.96 Å². The largest absolute Gasteiger partial charge is 0.354 e. The van der Waals surface area contributed by atoms with E-state index in [-0.39, 0.29) is 0 Å². The summed E-state index contributed by atoms with van der Waals surface area (Å²) in [5.41, 5.74) is 1.27. The first-order chi connectivity index (χ1) is 10.7. The van der Waals surface area contributed by atoms with E-state index < -0.39 is 0 Å². The molecule has 122 valence electrons. The molecule has 22 heavy (non-hydrogen) atoms. The van der Waals surface area contributed by atoms with E-state index in [1.807, 2.05) is 7.05 Å². The number of nitrogens with one attached hydrogen (secondary N) is 2. The van der Waals surface area contributed by atoms with Gasteiger partial charge in [-0.25, -0.2) is 0 Å². The Balaban J connectivity index is 1.40. The van der Waals surface area contributed by atoms with Crippen LogP contribution in [-0.2, 0) is 13.6 Å². The normalized spacial score (nSPS) is 21.1. The van der Waals surface area contributed by atoms with Crippen LogP contribution < -0.4 is 10.6 Å². The average molecular weight is 303 g/mol. The van der Waals surface area contributed by atoms with Crippen LogP contribution in [-0.4, -0.2) is 48.2 Å². The predicted octanol–water partition coefficient (Wildman–Crippen LogP) is 1.56. The van der Waals surface area contributed by atoms with Gasteiger partial charge >= 0.3 is 0 Å². The summed E-state index contributed by atoms with van der Waals surface area (Å²) in [6, 6.07) is 4.76. The van der Waals surface area contributed by atoms with Gasteiger partial charge in [0, 0.05) is 51.7 Å². The maximum Gasteiger partial charge on any atom is 0.191 e. The van der Waals surface area contributed by atoms with Crippen LogP contribution in [0.25, 0.3) is 0 Å². The third-order valence-electron chi connectivity index (χ3n) is 4.85. The lowest BCUT2D eigenvalue weighted by Crippen LogP contribution is -2.48. The Morgan fingerprint density at radius 2 is 2.05 bits per heavy atom. The minimum Gasteiger partial charge on any atom is -0.354 e. The van der Waals surface area contributed by atoms with Crippen molar-refractivity contribution in [2.24, 2.45) is 18.0 Å². The van der Waals surface area contributed by atoms with Gasteiger partial charge < -0.3 is 20.1 Å². The minimum absolute atomic E-state index is 0.551. The molecular formula is C17H29N5. The molecule has 2 heterocycles. The van der Waals surface area contributed by atoms with Gasteiger partial charge in [-0.05, 0) is 43.7 Å². The molecule has 2 fully saturated rings. The van der Waals surface area contributed by atoms with Crippen LogP contribution in [0, 0.1) is 5.92 Å². The molecule has 0 spiro atoms. The molecule has 0 radical (unpaired) electrons. The van der Waals surface area contributed by atoms with Gasteiger partial charge in [0.2, 0.25) is 0 Å². The van der Waals surface area contributed by atoms with E-state index in [4.69, 9.17) is 0 Å². The first kappa shape index (κ1) is 15.4. The minimum atomic E-state index is 0.551. The smallest absolute Gasteiger partial charge is 0.191 e. The second kappa shape index (κ2) is 7.18. The summed E-state index contributed by atoms with van der Waals surface area (Å²) in [6.07, 6.45) is 7.42. The van der Waals surface area contributed by atoms with Crippen molar-refractivity contribution in [2.45, 2.75) is 38.3 Å². The zero-order chi connectivity index (χ0) is 15.4. The molecule has 2 aliphatic rings. The van der Waals surface area contributed by atoms with Crippen molar-refractivity contribution in [3.63, 3.8) is 0 Å². The number of rotatable bonds is 5. The van der Waals surface area contributed by atoms with E-state index in [0.29, 0.717) is 6.04 Å². The molecule has 5 heteroatoms. The number of aliphatic imine (C=N–C) groups is 1. The summed E-state index contributed by atoms with van der Waals surface area (Å²) in [5.74, 6) is 1.92. The van der Waals surface area contributed by atoms with E-state index in [1.165, 1.54) is 51.0 Å². The van der Waals surface area contributed by atoms with Gasteiger partial charge in [-0.15, -0.1) is 0 Å². The zero-order valence-corrected chi connectivity index (χ0v) is 13.9. The van der Waals surface area contributed by atoms with E-state index in [2.05, 4.69) is 50.5 Å². The quantitative estimate of drug-likeness (QED) is 0.641. The molecule has 5 nitrogen and oxygen atoms in total. The predicted molar refractivity (Wildman–Crippen MR) is 90.9 cm³/mol. The highest BCUT2D eigenvalue weighted by molar-refractivity contribution is 5.79. The van der Waals surface area contributed by atoms with Gasteiger partial charge in [-0.2, -0.15) is 0 Å². The van der Waals surface area contributed by atoms with Crippen molar-refractivity contribution in [1.82, 2.24) is 20.1 Å². The highest BCUT2D eigenvalue weighted by atomic mass is 15.2. The van der Waals surface area contributed by atoms with Crippen molar-refractivity contribution in [2.75, 3.05) is 26.7 Å². The van der Waals surface area contributed by atoms with Crippen LogP contribution in [0.15, 0.2) is 23.3 Å². The number of nitrogens with zero attached hydrogens (tertiary/aromatic N) is 3. The molecule has 1 saturated heterocycles. The number of aryl methyl sites for hydroxylation is 1. The summed E-state index contributed by atoms with van der Waals surface area (Å²) in [6.45, 7) is 4.59. The van der Waals surface area contributed by atoms with Crippen LogP contribution in [0.4, 0.5) is 0 Å². The number of likely N-dealkylation sites (tertiary alicyclic amines) is 1. The van der Waals surface area contributed by atoms with Crippen molar-refractivity contribution in [1.29, 1.82) is 0 Å². The van der Waals surface area contributed by atoms with E-state index in [1.54, 1.807) is 0 Å². The van der Waals surface area contributed by atoms with Crippen LogP contribution >= 0.6 is 0 Å². The van der Waals surface area contributed by atoms with Gasteiger partial charge in [0.05, 0.1) is 6.54 Å². The van der Waals surface area contributed by atoms with E-state index >= 15 is 0 Å². The average Bonchev–Trinajstić information content (AvgIpc) is 3.25. The summed E-state index contributed by atoms with van der Waals surface area (Å²) in [7, 11) is 3.92. The Morgan fingerprint density at radius 3 is 2.64 bits per heavy atom. The standard InChI is InChI=1S/C17H29N5/c1-18-17(19-12-16-4-3-9-21(16)2)20-15-7-10-22(11-8-15)13-14-5-6-14/h3-4,9,14-15H,5-8,10-13H2,1-2H3,(H2,18,19,20). The lowest BCUT2D eigenvalue weighted by Gasteiger charge is -2.33. The number of aromatic nitrogens is 1. The Labute approximate surface area is 133 Å². The van der Waals surface area contributed by atoms with E-state index in [9.17, 15) is 0 Å². The molecular weight excluding hydrogens is 274 g/mol. The van der Waals surface area contributed by atoms with Crippen molar-refractivity contribution in [3.8, 4) is 0 Å². The third-order valence-corrected chi connectivity index (χ3v) is 4.85. The molecule has 1 aliphatic carbocycles. The van der Waals surface area contributed by atoms with E-state index in [0.717, 1.165) is 18.4 Å². The fourth-order valence-corrected chi connectivity index (χ4v) is 3.17. The fraction of sp³-hybridized carbons (Fsp3) is 0.706. The van der Waals surface area contributed by atoms with Crippen LogP contribution in [0.3, 0.4) is 0 Å². The Bertz CT molecular complexity index is 495. The molecule has 1 aromatic rings. The first-order valence-corrected chi connectivity index (χ1v) is 8.54. The summed E-state index contributed by atoms with van der Waals surface area (Å²) >= 11 is 0. The maximum atomic E-state index is 4.36. The Kier molecular flexibility index (Phi) is 5.03. The lowest BCUT2D eigenvalue weighted by atomic mass is 10.0. The molecule has 0 aromatic carbocycles. The fourth-order valence-electron chi connectivity index (χ4n) is 3.17. The highest BCUT2D eigenvalue weighted by Gasteiger charge is 2.27. The molecule has 0 bridgehead atoms. The molecule has 2 N–H and O–H groups in total. The van der Waals surface area contributed by atoms with Crippen LogP contribution in [0.2, 0.25) is 0 Å². The van der Waals surface area contributed by atoms with Crippen molar-refractivity contribution < 1.29 is 0 Å². The molecule has 0 unspecified atom stereocenters. The van der Waals surface area contributed by atoms with Gasteiger partial charge in [-0.1, -0.05) is 0 Å². The van der Waals surface area contributed by atoms with Crippen molar-refractivity contribution in [3.05, 3.63) is 24.0 Å². The molecule has 0 amide bonds. The molecule has 1 aromatic heterocycles. The number of piperidine rings is 1. The van der Waals surface area contributed by atoms with Gasteiger partial charge in [0.1, 0.15) is 0 Å². The first-order valence-electron chi connectivity index (χ1n) is 8.54. The zero-order valence-electron chi connectivity index (χ0n) is 13.9. The number of hydrogen-bond acceptors (Lipinski definition) is 2. The molecule has 1 aliphatic heterocycles. The van der Waals surface area contributed by atoms with Gasteiger partial charge in [0.25, 0.3) is 0 Å². The Morgan fingerprint density at radius 1 is 1.27 bits per heavy atom. The SMILES string of the molecule is CN=C(NCc1cccn1C)NC1CCN(CC2CC2)CC1.